The van der Waals surface area contributed by atoms with E-state index in [9.17, 15) is 0 Å². The molecule has 1 aliphatic heterocycles. The summed E-state index contributed by atoms with van der Waals surface area (Å²) in [6.07, 6.45) is 6.79. The summed E-state index contributed by atoms with van der Waals surface area (Å²) in [6, 6.07) is 1.92. The molecule has 0 spiro atoms. The van der Waals surface area contributed by atoms with Gasteiger partial charge in [0.05, 0.1) is 5.69 Å². The fourth-order valence-electron chi connectivity index (χ4n) is 4.02. The smallest absolute Gasteiger partial charge is 0.154 e. The molecule has 0 amide bonds. The van der Waals surface area contributed by atoms with Gasteiger partial charge in [-0.15, -0.1) is 10.2 Å². The fourth-order valence-corrected chi connectivity index (χ4v) is 4.23. The largest absolute Gasteiger partial charge is 0.316 e. The van der Waals surface area contributed by atoms with Gasteiger partial charge in [0.1, 0.15) is 17.5 Å². The minimum Gasteiger partial charge on any atom is -0.316 e. The van der Waals surface area contributed by atoms with Crippen LogP contribution in [0.25, 0.3) is 0 Å². The van der Waals surface area contributed by atoms with Gasteiger partial charge in [0.15, 0.2) is 5.82 Å². The minimum atomic E-state index is 0.440. The van der Waals surface area contributed by atoms with E-state index in [1.165, 1.54) is 5.56 Å². The molecule has 1 aliphatic rings. The lowest BCUT2D eigenvalue weighted by Crippen LogP contribution is -2.33. The lowest BCUT2D eigenvalue weighted by atomic mass is 9.95. The Balaban J connectivity index is 1.39. The number of hydrogen-bond acceptors (Lipinski definition) is 5. The number of halogens is 1. The Morgan fingerprint density at radius 3 is 2.61 bits per heavy atom. The number of piperidine rings is 1. The highest BCUT2D eigenvalue weighted by atomic mass is 35.5. The van der Waals surface area contributed by atoms with Gasteiger partial charge < -0.3 is 4.57 Å². The second-order valence-electron chi connectivity index (χ2n) is 7.48. The van der Waals surface area contributed by atoms with Crippen molar-refractivity contribution in [1.82, 2.24) is 39.2 Å². The number of rotatable bonds is 6. The molecule has 150 valence electrons. The van der Waals surface area contributed by atoms with Gasteiger partial charge in [-0.05, 0) is 38.4 Å². The fraction of sp³-hybridized carbons (Fsp3) is 0.579. The maximum atomic E-state index is 6.46. The molecule has 0 aromatic carbocycles. The van der Waals surface area contributed by atoms with Gasteiger partial charge in [0.2, 0.25) is 0 Å². The molecule has 0 unspecified atom stereocenters. The molecule has 0 saturated carbocycles. The molecule has 0 N–H and O–H groups in total. The second-order valence-corrected chi connectivity index (χ2v) is 7.84. The van der Waals surface area contributed by atoms with E-state index in [2.05, 4.69) is 43.8 Å². The van der Waals surface area contributed by atoms with Crippen molar-refractivity contribution in [1.29, 1.82) is 0 Å². The molecule has 0 atom stereocenters. The molecule has 3 aromatic heterocycles. The van der Waals surface area contributed by atoms with Crippen LogP contribution < -0.4 is 0 Å². The van der Waals surface area contributed by atoms with Crippen molar-refractivity contribution in [3.05, 3.63) is 46.5 Å². The van der Waals surface area contributed by atoms with E-state index in [1.807, 2.05) is 24.0 Å². The summed E-state index contributed by atoms with van der Waals surface area (Å²) in [5.41, 5.74) is 2.27. The van der Waals surface area contributed by atoms with Crippen LogP contribution in [0.3, 0.4) is 0 Å². The Hall–Kier alpha value is -2.19. The summed E-state index contributed by atoms with van der Waals surface area (Å²) in [6.45, 7) is 5.70. The zero-order valence-electron chi connectivity index (χ0n) is 16.7. The first-order chi connectivity index (χ1) is 13.6. The summed E-state index contributed by atoms with van der Waals surface area (Å²) in [4.78, 5) is 2.47. The number of nitrogens with zero attached hydrogens (tertiary/aromatic N) is 8. The van der Waals surface area contributed by atoms with E-state index in [4.69, 9.17) is 11.6 Å². The highest BCUT2D eigenvalue weighted by Gasteiger charge is 2.26. The van der Waals surface area contributed by atoms with Gasteiger partial charge in [-0.2, -0.15) is 10.2 Å². The zero-order valence-corrected chi connectivity index (χ0v) is 17.5. The van der Waals surface area contributed by atoms with E-state index in [1.54, 1.807) is 10.9 Å². The van der Waals surface area contributed by atoms with Crippen molar-refractivity contribution in [3.63, 3.8) is 0 Å². The Bertz CT molecular complexity index is 918. The molecule has 1 saturated heterocycles. The number of likely N-dealkylation sites (tertiary alicyclic amines) is 1. The third-order valence-electron chi connectivity index (χ3n) is 5.68. The van der Waals surface area contributed by atoms with Gasteiger partial charge in [-0.1, -0.05) is 18.5 Å². The molecule has 0 radical (unpaired) electrons. The van der Waals surface area contributed by atoms with E-state index < -0.39 is 0 Å². The van der Waals surface area contributed by atoms with Crippen LogP contribution in [0, 0.1) is 0 Å². The van der Waals surface area contributed by atoms with Crippen molar-refractivity contribution < 1.29 is 0 Å². The van der Waals surface area contributed by atoms with Crippen LogP contribution in [0.5, 0.6) is 0 Å². The van der Waals surface area contributed by atoms with Gasteiger partial charge >= 0.3 is 0 Å². The third-order valence-corrected chi connectivity index (χ3v) is 6.16. The van der Waals surface area contributed by atoms with Crippen molar-refractivity contribution in [2.75, 3.05) is 13.1 Å². The van der Waals surface area contributed by atoms with Crippen molar-refractivity contribution in [2.45, 2.75) is 45.2 Å². The molecule has 8 nitrogen and oxygen atoms in total. The minimum absolute atomic E-state index is 0.440. The Kier molecular flexibility index (Phi) is 5.50. The quantitative estimate of drug-likeness (QED) is 0.633. The lowest BCUT2D eigenvalue weighted by molar-refractivity contribution is 0.200. The van der Waals surface area contributed by atoms with Crippen LogP contribution in [-0.4, -0.2) is 52.3 Å². The van der Waals surface area contributed by atoms with Gasteiger partial charge in [0, 0.05) is 44.5 Å². The Morgan fingerprint density at radius 2 is 1.93 bits per heavy atom. The highest BCUT2D eigenvalue weighted by Crippen LogP contribution is 2.29. The summed E-state index contributed by atoms with van der Waals surface area (Å²) < 4.78 is 5.79. The Morgan fingerprint density at radius 1 is 1.14 bits per heavy atom. The van der Waals surface area contributed by atoms with E-state index >= 15 is 0 Å². The predicted octanol–water partition coefficient (Wildman–Crippen LogP) is 2.39. The van der Waals surface area contributed by atoms with Crippen LogP contribution in [0.1, 0.15) is 48.6 Å². The van der Waals surface area contributed by atoms with Crippen LogP contribution in [0.4, 0.5) is 0 Å². The molecule has 4 rings (SSSR count). The lowest BCUT2D eigenvalue weighted by Gasteiger charge is -2.31. The Labute approximate surface area is 170 Å². The van der Waals surface area contributed by atoms with Crippen molar-refractivity contribution in [2.24, 2.45) is 14.1 Å². The molecule has 4 heterocycles. The van der Waals surface area contributed by atoms with Gasteiger partial charge in [-0.25, -0.2) is 0 Å². The molecule has 1 fully saturated rings. The number of hydrogen-bond donors (Lipinski definition) is 0. The second kappa shape index (κ2) is 8.05. The van der Waals surface area contributed by atoms with Gasteiger partial charge in [-0.3, -0.25) is 14.3 Å². The molecule has 28 heavy (non-hydrogen) atoms. The highest BCUT2D eigenvalue weighted by molar-refractivity contribution is 6.30. The van der Waals surface area contributed by atoms with E-state index in [0.29, 0.717) is 12.5 Å². The first kappa shape index (κ1) is 19.1. The summed E-state index contributed by atoms with van der Waals surface area (Å²) >= 11 is 6.46. The SMILES string of the molecule is CCc1nn(C)c(Cl)c1CN1CCC(c2nnc(Cn3cccn3)n2C)CC1. The van der Waals surface area contributed by atoms with Crippen molar-refractivity contribution in [3.8, 4) is 0 Å². The molecule has 3 aromatic rings. The van der Waals surface area contributed by atoms with E-state index in [0.717, 1.165) is 61.4 Å². The van der Waals surface area contributed by atoms with Crippen LogP contribution in [0.15, 0.2) is 18.5 Å². The summed E-state index contributed by atoms with van der Waals surface area (Å²) in [5, 5.41) is 18.4. The maximum Gasteiger partial charge on any atom is 0.154 e. The number of aromatic nitrogens is 7. The molecule has 0 aliphatic carbocycles. The monoisotopic (exact) mass is 402 g/mol. The van der Waals surface area contributed by atoms with Crippen LogP contribution in [-0.2, 0) is 33.6 Å². The third kappa shape index (κ3) is 3.71. The first-order valence-corrected chi connectivity index (χ1v) is 10.2. The first-order valence-electron chi connectivity index (χ1n) is 9.85. The standard InChI is InChI=1S/C19H27ClN8/c1-4-16-15(18(20)26(3)24-16)12-27-10-6-14(7-11-27)19-23-22-17(25(19)2)13-28-9-5-8-21-28/h5,8-9,14H,4,6-7,10-13H2,1-3H3. The molecule has 9 heteroatoms. The van der Waals surface area contributed by atoms with E-state index in [-0.39, 0.29) is 0 Å². The average molecular weight is 403 g/mol. The summed E-state index contributed by atoms with van der Waals surface area (Å²) in [7, 11) is 3.97. The predicted molar refractivity (Wildman–Crippen MR) is 107 cm³/mol. The molecular weight excluding hydrogens is 376 g/mol. The van der Waals surface area contributed by atoms with Gasteiger partial charge in [0.25, 0.3) is 0 Å². The van der Waals surface area contributed by atoms with Crippen LogP contribution >= 0.6 is 11.6 Å². The molecular formula is C19H27ClN8. The summed E-state index contributed by atoms with van der Waals surface area (Å²) in [5.74, 6) is 2.46. The maximum absolute atomic E-state index is 6.46. The zero-order chi connectivity index (χ0) is 19.7. The average Bonchev–Trinajstić information content (AvgIpc) is 3.40. The van der Waals surface area contributed by atoms with Crippen molar-refractivity contribution >= 4 is 11.6 Å². The number of aryl methyl sites for hydroxylation is 2. The molecule has 0 bridgehead atoms. The topological polar surface area (TPSA) is 69.6 Å². The van der Waals surface area contributed by atoms with Crippen LogP contribution in [0.2, 0.25) is 5.15 Å². The normalized spacial score (nSPS) is 16.1.